The fourth-order valence-electron chi connectivity index (χ4n) is 3.18. The van der Waals surface area contributed by atoms with E-state index in [1.165, 1.54) is 21.3 Å². The van der Waals surface area contributed by atoms with Crippen molar-refractivity contribution in [2.45, 2.75) is 39.8 Å². The summed E-state index contributed by atoms with van der Waals surface area (Å²) < 4.78 is 4.46. The third kappa shape index (κ3) is 2.77. The van der Waals surface area contributed by atoms with Crippen molar-refractivity contribution in [2.75, 3.05) is 0 Å². The van der Waals surface area contributed by atoms with Gasteiger partial charge in [0.25, 0.3) is 5.56 Å². The summed E-state index contributed by atoms with van der Waals surface area (Å²) in [5.41, 5.74) is 0.975. The molecule has 26 heavy (non-hydrogen) atoms. The second-order valence-corrected chi connectivity index (χ2v) is 6.16. The van der Waals surface area contributed by atoms with Crippen LogP contribution >= 0.6 is 0 Å². The number of aromatic nitrogens is 4. The second-order valence-electron chi connectivity index (χ2n) is 6.16. The number of nitrogens with zero attached hydrogens (tertiary/aromatic N) is 4. The number of rotatable bonds is 5. The molecule has 8 nitrogen and oxygen atoms in total. The highest BCUT2D eigenvalue weighted by atomic mass is 16.3. The van der Waals surface area contributed by atoms with Gasteiger partial charge in [-0.2, -0.15) is 0 Å². The van der Waals surface area contributed by atoms with Gasteiger partial charge in [0.1, 0.15) is 5.82 Å². The van der Waals surface area contributed by atoms with Crippen LogP contribution in [0, 0.1) is 0 Å². The fraction of sp³-hybridized carbons (Fsp3) is 0.389. The normalized spacial score (nSPS) is 11.3. The summed E-state index contributed by atoms with van der Waals surface area (Å²) in [4.78, 5) is 29.7. The molecule has 0 atom stereocenters. The van der Waals surface area contributed by atoms with E-state index in [0.717, 1.165) is 5.56 Å². The molecule has 1 aromatic carbocycles. The summed E-state index contributed by atoms with van der Waals surface area (Å²) >= 11 is 0. The van der Waals surface area contributed by atoms with Gasteiger partial charge in [0.05, 0.1) is 0 Å². The van der Waals surface area contributed by atoms with Crippen LogP contribution in [0.25, 0.3) is 11.2 Å². The first-order chi connectivity index (χ1) is 12.4. The number of benzene rings is 1. The molecule has 0 spiro atoms. The van der Waals surface area contributed by atoms with Crippen LogP contribution in [0.2, 0.25) is 0 Å². The number of imidazole rings is 1. The van der Waals surface area contributed by atoms with E-state index >= 15 is 0 Å². The predicted molar refractivity (Wildman–Crippen MR) is 97.8 cm³/mol. The van der Waals surface area contributed by atoms with E-state index in [9.17, 15) is 19.8 Å². The van der Waals surface area contributed by atoms with E-state index in [1.54, 1.807) is 24.6 Å². The van der Waals surface area contributed by atoms with E-state index in [0.29, 0.717) is 42.9 Å². The third-order valence-electron chi connectivity index (χ3n) is 4.64. The standard InChI is InChI=1S/C18H22N4O4/c1-4-21-16-15(17(25)22(5-2)18(21)26)20(3)14(19-16)9-7-11-6-8-12(23)13(24)10-11/h6,8,10,23-24H,4-5,7,9H2,1-3H3. The first-order valence-electron chi connectivity index (χ1n) is 8.58. The van der Waals surface area contributed by atoms with Crippen LogP contribution in [0.3, 0.4) is 0 Å². The number of aromatic hydroxyl groups is 2. The maximum absolute atomic E-state index is 12.7. The first-order valence-corrected chi connectivity index (χ1v) is 8.58. The van der Waals surface area contributed by atoms with Crippen molar-refractivity contribution in [3.63, 3.8) is 0 Å². The Morgan fingerprint density at radius 3 is 2.31 bits per heavy atom. The number of hydrogen-bond acceptors (Lipinski definition) is 5. The zero-order valence-electron chi connectivity index (χ0n) is 15.1. The molecule has 138 valence electrons. The van der Waals surface area contributed by atoms with E-state index < -0.39 is 0 Å². The van der Waals surface area contributed by atoms with Crippen LogP contribution in [-0.4, -0.2) is 28.9 Å². The monoisotopic (exact) mass is 358 g/mol. The van der Waals surface area contributed by atoms with Crippen LogP contribution < -0.4 is 11.2 Å². The number of phenolic OH excluding ortho intramolecular Hbond substituents is 2. The fourth-order valence-corrected chi connectivity index (χ4v) is 3.18. The smallest absolute Gasteiger partial charge is 0.332 e. The maximum atomic E-state index is 12.7. The summed E-state index contributed by atoms with van der Waals surface area (Å²) in [6.45, 7) is 4.35. The van der Waals surface area contributed by atoms with Crippen LogP contribution in [0.1, 0.15) is 25.2 Å². The van der Waals surface area contributed by atoms with Gasteiger partial charge in [0.15, 0.2) is 22.7 Å². The zero-order valence-corrected chi connectivity index (χ0v) is 15.1. The Hall–Kier alpha value is -3.03. The highest BCUT2D eigenvalue weighted by molar-refractivity contribution is 5.71. The molecule has 0 aliphatic heterocycles. The van der Waals surface area contributed by atoms with Crippen LogP contribution in [0.15, 0.2) is 27.8 Å². The minimum Gasteiger partial charge on any atom is -0.504 e. The lowest BCUT2D eigenvalue weighted by atomic mass is 10.1. The van der Waals surface area contributed by atoms with Gasteiger partial charge in [-0.05, 0) is 38.0 Å². The molecule has 0 saturated heterocycles. The SMILES string of the molecule is CCn1c(=O)c2c(nc(CCc3ccc(O)c(O)c3)n2C)n(CC)c1=O. The number of fused-ring (bicyclic) bond motifs is 1. The predicted octanol–water partition coefficient (Wildman–Crippen LogP) is 1.13. The van der Waals surface area contributed by atoms with E-state index in [2.05, 4.69) is 4.98 Å². The Morgan fingerprint density at radius 1 is 1.00 bits per heavy atom. The molecule has 2 aromatic heterocycles. The Labute approximate surface area is 149 Å². The van der Waals surface area contributed by atoms with Crippen molar-refractivity contribution in [2.24, 2.45) is 7.05 Å². The minimum atomic E-state index is -0.347. The summed E-state index contributed by atoms with van der Waals surface area (Å²) in [6.07, 6.45) is 1.10. The molecule has 0 amide bonds. The van der Waals surface area contributed by atoms with Crippen LogP contribution in [0.4, 0.5) is 0 Å². The van der Waals surface area contributed by atoms with Gasteiger partial charge < -0.3 is 14.8 Å². The summed E-state index contributed by atoms with van der Waals surface area (Å²) in [5.74, 6) is 0.349. The number of phenols is 2. The third-order valence-corrected chi connectivity index (χ3v) is 4.64. The van der Waals surface area contributed by atoms with Gasteiger partial charge in [0.2, 0.25) is 0 Å². The molecule has 2 heterocycles. The minimum absolute atomic E-state index is 0.163. The topological polar surface area (TPSA) is 102 Å². The first kappa shape index (κ1) is 17.8. The molecule has 0 saturated carbocycles. The van der Waals surface area contributed by atoms with Crippen molar-refractivity contribution in [3.05, 3.63) is 50.4 Å². The molecule has 0 fully saturated rings. The average Bonchev–Trinajstić information content (AvgIpc) is 2.93. The Bertz CT molecular complexity index is 1090. The molecule has 3 rings (SSSR count). The molecule has 2 N–H and O–H groups in total. The van der Waals surface area contributed by atoms with Gasteiger partial charge >= 0.3 is 5.69 Å². The van der Waals surface area contributed by atoms with Gasteiger partial charge in [0, 0.05) is 26.6 Å². The van der Waals surface area contributed by atoms with Crippen LogP contribution in [0.5, 0.6) is 11.5 Å². The molecule has 0 radical (unpaired) electrons. The van der Waals surface area contributed by atoms with Crippen molar-refractivity contribution < 1.29 is 10.2 Å². The highest BCUT2D eigenvalue weighted by Crippen LogP contribution is 2.25. The molecule has 0 aliphatic rings. The maximum Gasteiger partial charge on any atom is 0.332 e. The molecular weight excluding hydrogens is 336 g/mol. The van der Waals surface area contributed by atoms with E-state index in [-0.39, 0.29) is 22.7 Å². The summed E-state index contributed by atoms with van der Waals surface area (Å²) in [5, 5.41) is 19.0. The lowest BCUT2D eigenvalue weighted by Gasteiger charge is -2.08. The number of hydrogen-bond donors (Lipinski definition) is 2. The van der Waals surface area contributed by atoms with E-state index in [1.807, 2.05) is 6.92 Å². The molecule has 0 unspecified atom stereocenters. The van der Waals surface area contributed by atoms with Crippen molar-refractivity contribution in [1.82, 2.24) is 18.7 Å². The molecule has 0 bridgehead atoms. The van der Waals surface area contributed by atoms with Gasteiger partial charge in [-0.25, -0.2) is 9.78 Å². The molecule has 0 aliphatic carbocycles. The molecule has 8 heteroatoms. The van der Waals surface area contributed by atoms with Crippen LogP contribution in [-0.2, 0) is 33.0 Å². The Balaban J connectivity index is 2.06. The van der Waals surface area contributed by atoms with Crippen molar-refractivity contribution in [3.8, 4) is 11.5 Å². The molecule has 3 aromatic rings. The Kier molecular flexibility index (Phi) is 4.58. The second kappa shape index (κ2) is 6.70. The summed E-state index contributed by atoms with van der Waals surface area (Å²) in [7, 11) is 1.77. The summed E-state index contributed by atoms with van der Waals surface area (Å²) in [6, 6.07) is 4.67. The van der Waals surface area contributed by atoms with Gasteiger partial charge in [-0.3, -0.25) is 13.9 Å². The highest BCUT2D eigenvalue weighted by Gasteiger charge is 2.18. The average molecular weight is 358 g/mol. The van der Waals surface area contributed by atoms with E-state index in [4.69, 9.17) is 0 Å². The number of aryl methyl sites for hydroxylation is 4. The quantitative estimate of drug-likeness (QED) is 0.666. The zero-order chi connectivity index (χ0) is 19.0. The largest absolute Gasteiger partial charge is 0.504 e. The lowest BCUT2D eigenvalue weighted by molar-refractivity contribution is 0.403. The lowest BCUT2D eigenvalue weighted by Crippen LogP contribution is -2.39. The molecular formula is C18H22N4O4. The van der Waals surface area contributed by atoms with Gasteiger partial charge in [-0.1, -0.05) is 6.07 Å². The van der Waals surface area contributed by atoms with Gasteiger partial charge in [-0.15, -0.1) is 0 Å². The Morgan fingerprint density at radius 2 is 1.69 bits per heavy atom. The van der Waals surface area contributed by atoms with Crippen molar-refractivity contribution in [1.29, 1.82) is 0 Å². The van der Waals surface area contributed by atoms with Crippen molar-refractivity contribution >= 4 is 11.2 Å².